The maximum Gasteiger partial charge on any atom is 0.247 e. The Hall–Kier alpha value is -3.55. The minimum atomic E-state index is -0.0401. The van der Waals surface area contributed by atoms with E-state index in [1.54, 1.807) is 7.11 Å². The van der Waals surface area contributed by atoms with Crippen molar-refractivity contribution in [2.45, 2.75) is 12.5 Å². The second kappa shape index (κ2) is 10.1. The number of ether oxygens (including phenoxy) is 1. The van der Waals surface area contributed by atoms with Crippen LogP contribution in [0.2, 0.25) is 0 Å². The zero-order valence-electron chi connectivity index (χ0n) is 20.0. The van der Waals surface area contributed by atoms with Gasteiger partial charge in [-0.05, 0) is 65.7 Å². The molecule has 0 spiro atoms. The van der Waals surface area contributed by atoms with E-state index in [9.17, 15) is 0 Å². The van der Waals surface area contributed by atoms with Crippen LogP contribution < -0.4 is 9.75 Å². The minimum absolute atomic E-state index is 0.0401. The van der Waals surface area contributed by atoms with Gasteiger partial charge < -0.3 is 4.74 Å². The Balaban J connectivity index is 1.52. The lowest BCUT2D eigenvalue weighted by Crippen LogP contribution is -2.21. The number of anilines is 1. The van der Waals surface area contributed by atoms with Crippen molar-refractivity contribution in [3.63, 3.8) is 0 Å². The number of hydrazone groups is 1. The standard InChI is InChI=1S/C30H22Br2N4O/c1-37-24-14-9-19(10-15-24)27-18-28(20-7-11-22(31)12-8-20)36(35-27)30-33-26-16-13-23(32)17-25(26)29(34-30)21-5-3-2-4-6-21/h2-17,28H,18H2,1H3. The molecular formula is C30H22Br2N4O. The smallest absolute Gasteiger partial charge is 0.247 e. The molecule has 0 saturated carbocycles. The van der Waals surface area contributed by atoms with Crippen LogP contribution in [0.15, 0.2) is 111 Å². The van der Waals surface area contributed by atoms with E-state index in [2.05, 4.69) is 74.3 Å². The molecule has 182 valence electrons. The first kappa shape index (κ1) is 23.8. The van der Waals surface area contributed by atoms with Gasteiger partial charge in [-0.1, -0.05) is 74.3 Å². The van der Waals surface area contributed by atoms with Crippen molar-refractivity contribution in [2.75, 3.05) is 12.1 Å². The molecule has 0 radical (unpaired) electrons. The fourth-order valence-electron chi connectivity index (χ4n) is 4.60. The number of aromatic nitrogens is 2. The third-order valence-electron chi connectivity index (χ3n) is 6.49. The third-order valence-corrected chi connectivity index (χ3v) is 7.51. The number of fused-ring (bicyclic) bond motifs is 1. The summed E-state index contributed by atoms with van der Waals surface area (Å²) in [6.45, 7) is 0. The maximum absolute atomic E-state index is 5.35. The van der Waals surface area contributed by atoms with Gasteiger partial charge in [0, 0.05) is 26.3 Å². The summed E-state index contributed by atoms with van der Waals surface area (Å²) in [6.07, 6.45) is 0.733. The van der Waals surface area contributed by atoms with Crippen LogP contribution >= 0.6 is 31.9 Å². The highest BCUT2D eigenvalue weighted by atomic mass is 79.9. The topological polar surface area (TPSA) is 50.6 Å². The molecule has 37 heavy (non-hydrogen) atoms. The van der Waals surface area contributed by atoms with E-state index in [1.807, 2.05) is 59.6 Å². The highest BCUT2D eigenvalue weighted by Gasteiger charge is 2.32. The molecule has 7 heteroatoms. The number of halogens is 2. The summed E-state index contributed by atoms with van der Waals surface area (Å²) in [6, 6.07) is 32.7. The van der Waals surface area contributed by atoms with Gasteiger partial charge in [0.25, 0.3) is 0 Å². The zero-order valence-corrected chi connectivity index (χ0v) is 23.1. The monoisotopic (exact) mass is 612 g/mol. The average molecular weight is 614 g/mol. The third kappa shape index (κ3) is 4.77. The van der Waals surface area contributed by atoms with Gasteiger partial charge in [0.1, 0.15) is 5.75 Å². The quantitative estimate of drug-likeness (QED) is 0.200. The van der Waals surface area contributed by atoms with E-state index in [-0.39, 0.29) is 6.04 Å². The van der Waals surface area contributed by atoms with Gasteiger partial charge >= 0.3 is 0 Å². The number of benzene rings is 4. The molecular weight excluding hydrogens is 592 g/mol. The first-order valence-corrected chi connectivity index (χ1v) is 13.5. The summed E-state index contributed by atoms with van der Waals surface area (Å²) >= 11 is 7.18. The van der Waals surface area contributed by atoms with Crippen LogP contribution in [0, 0.1) is 0 Å². The van der Waals surface area contributed by atoms with Gasteiger partial charge in [-0.3, -0.25) is 0 Å². The summed E-state index contributed by atoms with van der Waals surface area (Å²) in [5, 5.41) is 8.04. The van der Waals surface area contributed by atoms with Gasteiger partial charge in [-0.15, -0.1) is 0 Å². The Morgan fingerprint density at radius 2 is 1.51 bits per heavy atom. The van der Waals surface area contributed by atoms with Crippen molar-refractivity contribution in [1.29, 1.82) is 0 Å². The second-order valence-electron chi connectivity index (χ2n) is 8.79. The van der Waals surface area contributed by atoms with Gasteiger partial charge in [0.2, 0.25) is 5.95 Å². The van der Waals surface area contributed by atoms with Crippen LogP contribution in [0.5, 0.6) is 5.75 Å². The molecule has 1 atom stereocenters. The molecule has 1 aromatic heterocycles. The number of nitrogens with zero attached hydrogens (tertiary/aromatic N) is 4. The average Bonchev–Trinajstić information content (AvgIpc) is 3.39. The molecule has 0 aliphatic carbocycles. The largest absolute Gasteiger partial charge is 0.497 e. The molecule has 1 aliphatic heterocycles. The molecule has 1 unspecified atom stereocenters. The lowest BCUT2D eigenvalue weighted by Gasteiger charge is -2.23. The van der Waals surface area contributed by atoms with Crippen LogP contribution in [-0.4, -0.2) is 22.8 Å². The highest BCUT2D eigenvalue weighted by molar-refractivity contribution is 9.10. The van der Waals surface area contributed by atoms with E-state index in [4.69, 9.17) is 19.8 Å². The Morgan fingerprint density at radius 3 is 2.24 bits per heavy atom. The van der Waals surface area contributed by atoms with Crippen molar-refractivity contribution in [2.24, 2.45) is 5.10 Å². The van der Waals surface area contributed by atoms with E-state index in [1.165, 1.54) is 0 Å². The van der Waals surface area contributed by atoms with Gasteiger partial charge in [-0.25, -0.2) is 15.0 Å². The Morgan fingerprint density at radius 1 is 0.784 bits per heavy atom. The van der Waals surface area contributed by atoms with E-state index < -0.39 is 0 Å². The fourth-order valence-corrected chi connectivity index (χ4v) is 5.23. The fraction of sp³-hybridized carbons (Fsp3) is 0.100. The number of hydrogen-bond donors (Lipinski definition) is 0. The molecule has 0 fully saturated rings. The summed E-state index contributed by atoms with van der Waals surface area (Å²) in [7, 11) is 1.67. The van der Waals surface area contributed by atoms with Crippen LogP contribution in [0.3, 0.4) is 0 Å². The van der Waals surface area contributed by atoms with E-state index in [0.717, 1.165) is 60.1 Å². The van der Waals surface area contributed by atoms with Crippen LogP contribution in [-0.2, 0) is 0 Å². The predicted molar refractivity (Wildman–Crippen MR) is 156 cm³/mol. The Kier molecular flexibility index (Phi) is 6.49. The van der Waals surface area contributed by atoms with Crippen molar-refractivity contribution in [3.8, 4) is 17.0 Å². The molecule has 2 heterocycles. The maximum atomic E-state index is 5.35. The number of rotatable bonds is 5. The normalized spacial score (nSPS) is 15.2. The van der Waals surface area contributed by atoms with E-state index in [0.29, 0.717) is 5.95 Å². The van der Waals surface area contributed by atoms with E-state index >= 15 is 0 Å². The SMILES string of the molecule is COc1ccc(C2=NN(c3nc(-c4ccccc4)c4cc(Br)ccc4n3)C(c3ccc(Br)cc3)C2)cc1. The van der Waals surface area contributed by atoms with Gasteiger partial charge in [0.05, 0.1) is 30.1 Å². The molecule has 0 amide bonds. The molecule has 5 aromatic rings. The number of hydrogen-bond acceptors (Lipinski definition) is 5. The summed E-state index contributed by atoms with van der Waals surface area (Å²) in [5.41, 5.74) is 5.97. The van der Waals surface area contributed by atoms with Crippen molar-refractivity contribution in [1.82, 2.24) is 9.97 Å². The van der Waals surface area contributed by atoms with Crippen molar-refractivity contribution in [3.05, 3.63) is 117 Å². The van der Waals surface area contributed by atoms with Crippen LogP contribution in [0.1, 0.15) is 23.6 Å². The lowest BCUT2D eigenvalue weighted by atomic mass is 9.98. The van der Waals surface area contributed by atoms with Crippen LogP contribution in [0.4, 0.5) is 5.95 Å². The molecule has 5 nitrogen and oxygen atoms in total. The second-order valence-corrected chi connectivity index (χ2v) is 10.6. The first-order valence-electron chi connectivity index (χ1n) is 11.9. The van der Waals surface area contributed by atoms with Gasteiger partial charge in [-0.2, -0.15) is 5.10 Å². The molecule has 0 bridgehead atoms. The first-order chi connectivity index (χ1) is 18.1. The Bertz CT molecular complexity index is 1600. The lowest BCUT2D eigenvalue weighted by molar-refractivity contribution is 0.415. The minimum Gasteiger partial charge on any atom is -0.497 e. The molecule has 1 aliphatic rings. The van der Waals surface area contributed by atoms with Crippen LogP contribution in [0.25, 0.3) is 22.2 Å². The summed E-state index contributed by atoms with van der Waals surface area (Å²) in [5.74, 6) is 1.39. The zero-order chi connectivity index (χ0) is 25.4. The molecule has 0 saturated heterocycles. The predicted octanol–water partition coefficient (Wildman–Crippen LogP) is 8.19. The van der Waals surface area contributed by atoms with Crippen molar-refractivity contribution >= 4 is 54.4 Å². The van der Waals surface area contributed by atoms with Crippen molar-refractivity contribution < 1.29 is 4.74 Å². The van der Waals surface area contributed by atoms with Gasteiger partial charge in [0.15, 0.2) is 0 Å². The Labute approximate surface area is 232 Å². The highest BCUT2D eigenvalue weighted by Crippen LogP contribution is 2.38. The number of methoxy groups -OCH3 is 1. The molecule has 4 aromatic carbocycles. The summed E-state index contributed by atoms with van der Waals surface area (Å²) < 4.78 is 7.38. The molecule has 6 rings (SSSR count). The molecule has 0 N–H and O–H groups in total. The summed E-state index contributed by atoms with van der Waals surface area (Å²) in [4.78, 5) is 10.1.